The number of hydrogen-bond acceptors (Lipinski definition) is 4. The Morgan fingerprint density at radius 2 is 2.15 bits per heavy atom. The smallest absolute Gasteiger partial charge is 0.337 e. The van der Waals surface area contributed by atoms with Gasteiger partial charge in [0.15, 0.2) is 0 Å². The number of nitrogens with zero attached hydrogens (tertiary/aromatic N) is 1. The Morgan fingerprint density at radius 3 is 2.75 bits per heavy atom. The van der Waals surface area contributed by atoms with E-state index in [9.17, 15) is 9.59 Å². The number of aromatic nitrogens is 2. The molecule has 8 nitrogen and oxygen atoms in total. The van der Waals surface area contributed by atoms with Gasteiger partial charge in [0.05, 0.1) is 30.2 Å². The quantitative estimate of drug-likeness (QED) is 0.679. The lowest BCUT2D eigenvalue weighted by atomic mass is 10.1. The third kappa shape index (κ3) is 3.05. The van der Waals surface area contributed by atoms with E-state index in [1.54, 1.807) is 0 Å². The van der Waals surface area contributed by atoms with Gasteiger partial charge < -0.3 is 20.5 Å². The highest BCUT2D eigenvalue weighted by molar-refractivity contribution is 6.04. The zero-order valence-electron chi connectivity index (χ0n) is 10.5. The maximum absolute atomic E-state index is 11.8. The van der Waals surface area contributed by atoms with Crippen molar-refractivity contribution in [3.8, 4) is 5.75 Å². The molecule has 2 aromatic rings. The predicted molar refractivity (Wildman–Crippen MR) is 71.2 cm³/mol. The van der Waals surface area contributed by atoms with E-state index < -0.39 is 12.0 Å². The Hall–Kier alpha value is -3.03. The van der Waals surface area contributed by atoms with Crippen LogP contribution in [0.15, 0.2) is 30.6 Å². The summed E-state index contributed by atoms with van der Waals surface area (Å²) in [5, 5.41) is 20.2. The molecule has 0 bridgehead atoms. The van der Waals surface area contributed by atoms with Gasteiger partial charge in [0.1, 0.15) is 5.75 Å². The number of carbonyl (C=O) groups is 2. The van der Waals surface area contributed by atoms with Crippen molar-refractivity contribution in [3.05, 3.63) is 36.2 Å². The van der Waals surface area contributed by atoms with Gasteiger partial charge in [-0.1, -0.05) is 0 Å². The fraction of sp³-hybridized carbons (Fsp3) is 0.0833. The SMILES string of the molecule is COc1ccc(C(=O)O)c(NC(=O)Nc2cn[nH]c2)c1. The highest BCUT2D eigenvalue weighted by Gasteiger charge is 2.13. The monoisotopic (exact) mass is 276 g/mol. The molecule has 1 heterocycles. The molecule has 2 rings (SSSR count). The molecule has 4 N–H and O–H groups in total. The van der Waals surface area contributed by atoms with Gasteiger partial charge >= 0.3 is 12.0 Å². The molecule has 20 heavy (non-hydrogen) atoms. The van der Waals surface area contributed by atoms with Crippen LogP contribution in [0.2, 0.25) is 0 Å². The van der Waals surface area contributed by atoms with Crippen molar-refractivity contribution in [2.75, 3.05) is 17.7 Å². The van der Waals surface area contributed by atoms with E-state index in [0.29, 0.717) is 11.4 Å². The van der Waals surface area contributed by atoms with Gasteiger partial charge in [0.25, 0.3) is 0 Å². The average molecular weight is 276 g/mol. The van der Waals surface area contributed by atoms with Crippen molar-refractivity contribution in [2.45, 2.75) is 0 Å². The first kappa shape index (κ1) is 13.4. The Bertz CT molecular complexity index is 624. The molecule has 2 amide bonds. The van der Waals surface area contributed by atoms with Crippen LogP contribution in [0, 0.1) is 0 Å². The van der Waals surface area contributed by atoms with Crippen LogP contribution in [-0.2, 0) is 0 Å². The van der Waals surface area contributed by atoms with Crippen molar-refractivity contribution in [1.82, 2.24) is 10.2 Å². The number of nitrogens with one attached hydrogen (secondary N) is 3. The van der Waals surface area contributed by atoms with Gasteiger partial charge in [0.2, 0.25) is 0 Å². The highest BCUT2D eigenvalue weighted by Crippen LogP contribution is 2.22. The Kier molecular flexibility index (Phi) is 3.85. The van der Waals surface area contributed by atoms with Crippen LogP contribution in [0.25, 0.3) is 0 Å². The summed E-state index contributed by atoms with van der Waals surface area (Å²) in [5.41, 5.74) is 0.563. The minimum absolute atomic E-state index is 0.0341. The summed E-state index contributed by atoms with van der Waals surface area (Å²) < 4.78 is 5.00. The van der Waals surface area contributed by atoms with Gasteiger partial charge in [0, 0.05) is 12.3 Å². The zero-order chi connectivity index (χ0) is 14.5. The summed E-state index contributed by atoms with van der Waals surface area (Å²) in [7, 11) is 1.45. The lowest BCUT2D eigenvalue weighted by Crippen LogP contribution is -2.20. The number of rotatable bonds is 4. The van der Waals surface area contributed by atoms with Gasteiger partial charge in [-0.3, -0.25) is 5.10 Å². The van der Waals surface area contributed by atoms with Crippen LogP contribution in [0.5, 0.6) is 5.75 Å². The number of hydrogen-bond donors (Lipinski definition) is 4. The van der Waals surface area contributed by atoms with E-state index in [0.717, 1.165) is 0 Å². The molecule has 0 spiro atoms. The van der Waals surface area contributed by atoms with Crippen LogP contribution >= 0.6 is 0 Å². The number of H-pyrrole nitrogens is 1. The Labute approximate surface area is 113 Å². The molecule has 1 aromatic heterocycles. The first-order valence-corrected chi connectivity index (χ1v) is 5.58. The van der Waals surface area contributed by atoms with Gasteiger partial charge in [-0.15, -0.1) is 0 Å². The third-order valence-corrected chi connectivity index (χ3v) is 2.46. The number of urea groups is 1. The minimum Gasteiger partial charge on any atom is -0.497 e. The van der Waals surface area contributed by atoms with Crippen LogP contribution in [0.1, 0.15) is 10.4 Å². The lowest BCUT2D eigenvalue weighted by molar-refractivity contribution is 0.0698. The molecular weight excluding hydrogens is 264 g/mol. The number of amides is 2. The zero-order valence-corrected chi connectivity index (χ0v) is 10.5. The number of methoxy groups -OCH3 is 1. The number of ether oxygens (including phenoxy) is 1. The predicted octanol–water partition coefficient (Wildman–Crippen LogP) is 1.76. The summed E-state index contributed by atoms with van der Waals surface area (Å²) in [6.07, 6.45) is 2.91. The molecule has 0 aliphatic heterocycles. The van der Waals surface area contributed by atoms with Crippen LogP contribution < -0.4 is 15.4 Å². The number of aromatic amines is 1. The first-order valence-electron chi connectivity index (χ1n) is 5.58. The Balaban J connectivity index is 2.18. The molecule has 0 saturated heterocycles. The molecule has 0 radical (unpaired) electrons. The summed E-state index contributed by atoms with van der Waals surface area (Å²) in [6.45, 7) is 0. The van der Waals surface area contributed by atoms with E-state index >= 15 is 0 Å². The van der Waals surface area contributed by atoms with Crippen LogP contribution in [0.3, 0.4) is 0 Å². The maximum atomic E-state index is 11.8. The maximum Gasteiger partial charge on any atom is 0.337 e. The molecule has 104 valence electrons. The van der Waals surface area contributed by atoms with Crippen LogP contribution in [-0.4, -0.2) is 34.4 Å². The van der Waals surface area contributed by atoms with Crippen molar-refractivity contribution in [2.24, 2.45) is 0 Å². The largest absolute Gasteiger partial charge is 0.497 e. The number of aromatic carboxylic acids is 1. The van der Waals surface area contributed by atoms with Crippen molar-refractivity contribution in [1.29, 1.82) is 0 Å². The fourth-order valence-corrected chi connectivity index (χ4v) is 1.54. The molecule has 1 aromatic carbocycles. The second-order valence-corrected chi connectivity index (χ2v) is 3.78. The lowest BCUT2D eigenvalue weighted by Gasteiger charge is -2.10. The molecule has 0 saturated carbocycles. The molecule has 0 unspecified atom stereocenters. The van der Waals surface area contributed by atoms with Crippen molar-refractivity contribution >= 4 is 23.4 Å². The molecule has 0 aliphatic rings. The van der Waals surface area contributed by atoms with E-state index in [2.05, 4.69) is 20.8 Å². The highest BCUT2D eigenvalue weighted by atomic mass is 16.5. The fourth-order valence-electron chi connectivity index (χ4n) is 1.54. The van der Waals surface area contributed by atoms with Crippen molar-refractivity contribution in [3.63, 3.8) is 0 Å². The van der Waals surface area contributed by atoms with Gasteiger partial charge in [-0.25, -0.2) is 9.59 Å². The summed E-state index contributed by atoms with van der Waals surface area (Å²) in [6, 6.07) is 3.71. The second-order valence-electron chi connectivity index (χ2n) is 3.78. The summed E-state index contributed by atoms with van der Waals surface area (Å²) >= 11 is 0. The normalized spacial score (nSPS) is 9.85. The van der Waals surface area contributed by atoms with Crippen molar-refractivity contribution < 1.29 is 19.4 Å². The topological polar surface area (TPSA) is 116 Å². The first-order chi connectivity index (χ1) is 9.60. The molecular formula is C12H12N4O4. The Morgan fingerprint density at radius 1 is 1.35 bits per heavy atom. The number of carbonyl (C=O) groups excluding carboxylic acids is 1. The van der Waals surface area contributed by atoms with Gasteiger partial charge in [-0.2, -0.15) is 5.10 Å². The molecule has 0 atom stereocenters. The molecule has 0 aliphatic carbocycles. The van der Waals surface area contributed by atoms with E-state index in [4.69, 9.17) is 9.84 Å². The number of carboxylic acid groups (broad SMARTS) is 1. The minimum atomic E-state index is -1.15. The standard InChI is InChI=1S/C12H12N4O4/c1-20-8-2-3-9(11(17)18)10(4-8)16-12(19)15-7-5-13-14-6-7/h2-6H,1H3,(H,13,14)(H,17,18)(H2,15,16,19). The number of benzene rings is 1. The molecule has 8 heteroatoms. The second kappa shape index (κ2) is 5.74. The number of carboxylic acids is 1. The van der Waals surface area contributed by atoms with E-state index in [1.807, 2.05) is 0 Å². The molecule has 0 fully saturated rings. The average Bonchev–Trinajstić information content (AvgIpc) is 2.90. The number of anilines is 2. The van der Waals surface area contributed by atoms with E-state index in [1.165, 1.54) is 37.7 Å². The van der Waals surface area contributed by atoms with Gasteiger partial charge in [-0.05, 0) is 12.1 Å². The van der Waals surface area contributed by atoms with Crippen LogP contribution in [0.4, 0.5) is 16.2 Å². The van der Waals surface area contributed by atoms with E-state index in [-0.39, 0.29) is 11.3 Å². The third-order valence-electron chi connectivity index (χ3n) is 2.46. The summed E-state index contributed by atoms with van der Waals surface area (Å²) in [4.78, 5) is 22.8. The summed E-state index contributed by atoms with van der Waals surface area (Å²) in [5.74, 6) is -0.708.